The minimum absolute atomic E-state index is 0.141. The van der Waals surface area contributed by atoms with Crippen LogP contribution in [-0.4, -0.2) is 18.1 Å². The molecule has 0 amide bonds. The molecule has 0 saturated carbocycles. The number of hydrogen-bond donors (Lipinski definition) is 2. The van der Waals surface area contributed by atoms with Gasteiger partial charge >= 0.3 is 0 Å². The molecule has 1 aromatic carbocycles. The molecular weight excluding hydrogens is 250 g/mol. The van der Waals surface area contributed by atoms with Crippen LogP contribution >= 0.6 is 12.2 Å². The molecule has 5 nitrogen and oxygen atoms in total. The number of nitrogens with one attached hydrogen (secondary N) is 1. The molecule has 1 aliphatic heterocycles. The molecule has 6 heteroatoms. The maximum Gasteiger partial charge on any atom is 0.231 e. The van der Waals surface area contributed by atoms with Gasteiger partial charge in [0.25, 0.3) is 0 Å². The van der Waals surface area contributed by atoms with Crippen molar-refractivity contribution in [3.05, 3.63) is 29.3 Å². The molecule has 0 spiro atoms. The monoisotopic (exact) mass is 263 g/mol. The lowest BCUT2D eigenvalue weighted by Gasteiger charge is -1.99. The van der Waals surface area contributed by atoms with Crippen molar-refractivity contribution in [3.63, 3.8) is 0 Å². The van der Waals surface area contributed by atoms with Gasteiger partial charge in [-0.05, 0) is 42.4 Å². The Morgan fingerprint density at radius 1 is 1.44 bits per heavy atom. The largest absolute Gasteiger partial charge is 0.454 e. The molecule has 3 N–H and O–H groups in total. The molecule has 0 aliphatic carbocycles. The minimum Gasteiger partial charge on any atom is -0.454 e. The van der Waals surface area contributed by atoms with Crippen LogP contribution < -0.4 is 20.6 Å². The van der Waals surface area contributed by atoms with Gasteiger partial charge in [-0.1, -0.05) is 12.1 Å². The SMILES string of the molecule is CC(C=NNC(N)=S)=Cc1ccc2c(c1)OCO2. The third-order valence-corrected chi connectivity index (χ3v) is 2.33. The highest BCUT2D eigenvalue weighted by molar-refractivity contribution is 7.80. The summed E-state index contributed by atoms with van der Waals surface area (Å²) in [7, 11) is 0. The first-order valence-electron chi connectivity index (χ1n) is 5.31. The summed E-state index contributed by atoms with van der Waals surface area (Å²) < 4.78 is 10.5. The number of rotatable bonds is 3. The Balaban J connectivity index is 2.08. The van der Waals surface area contributed by atoms with Crippen molar-refractivity contribution in [1.82, 2.24) is 5.43 Å². The molecule has 0 radical (unpaired) electrons. The Kier molecular flexibility index (Phi) is 3.78. The zero-order chi connectivity index (χ0) is 13.0. The van der Waals surface area contributed by atoms with Crippen molar-refractivity contribution in [2.75, 3.05) is 6.79 Å². The van der Waals surface area contributed by atoms with Crippen LogP contribution in [0.5, 0.6) is 11.5 Å². The van der Waals surface area contributed by atoms with Crippen LogP contribution in [0.25, 0.3) is 6.08 Å². The highest BCUT2D eigenvalue weighted by Crippen LogP contribution is 2.32. The molecule has 0 unspecified atom stereocenters. The highest BCUT2D eigenvalue weighted by Gasteiger charge is 2.12. The summed E-state index contributed by atoms with van der Waals surface area (Å²) in [5.74, 6) is 1.53. The van der Waals surface area contributed by atoms with Gasteiger partial charge in [0.1, 0.15) is 0 Å². The van der Waals surface area contributed by atoms with Crippen molar-refractivity contribution >= 4 is 29.6 Å². The number of nitrogens with two attached hydrogens (primary N) is 1. The molecule has 0 saturated heterocycles. The summed E-state index contributed by atoms with van der Waals surface area (Å²) in [4.78, 5) is 0. The quantitative estimate of drug-likeness (QED) is 0.493. The smallest absolute Gasteiger partial charge is 0.231 e. The Morgan fingerprint density at radius 2 is 2.22 bits per heavy atom. The number of thiocarbonyl (C=S) groups is 1. The van der Waals surface area contributed by atoms with E-state index < -0.39 is 0 Å². The maximum atomic E-state index is 5.30. The highest BCUT2D eigenvalue weighted by atomic mass is 32.1. The molecule has 18 heavy (non-hydrogen) atoms. The van der Waals surface area contributed by atoms with Gasteiger partial charge in [0, 0.05) is 0 Å². The van der Waals surface area contributed by atoms with E-state index in [1.54, 1.807) is 6.21 Å². The van der Waals surface area contributed by atoms with E-state index in [1.165, 1.54) is 0 Å². The second kappa shape index (κ2) is 5.50. The first-order valence-corrected chi connectivity index (χ1v) is 5.72. The zero-order valence-electron chi connectivity index (χ0n) is 9.84. The molecule has 1 heterocycles. The molecular formula is C12H13N3O2S. The standard InChI is InChI=1S/C12H13N3O2S/c1-8(6-14-15-12(13)18)4-9-2-3-10-11(5-9)17-7-16-10/h2-6H,7H2,1H3,(H3,13,15,18). The number of ether oxygens (including phenoxy) is 2. The van der Waals surface area contributed by atoms with Crippen molar-refractivity contribution in [3.8, 4) is 11.5 Å². The predicted molar refractivity (Wildman–Crippen MR) is 74.6 cm³/mol. The summed E-state index contributed by atoms with van der Waals surface area (Å²) >= 11 is 4.63. The van der Waals surface area contributed by atoms with E-state index in [0.717, 1.165) is 22.6 Å². The average Bonchev–Trinajstić information content (AvgIpc) is 2.75. The Hall–Kier alpha value is -2.08. The lowest BCUT2D eigenvalue weighted by atomic mass is 10.1. The number of hydrogen-bond acceptors (Lipinski definition) is 4. The number of allylic oxidation sites excluding steroid dienone is 1. The number of hydrazone groups is 1. The van der Waals surface area contributed by atoms with E-state index in [2.05, 4.69) is 22.7 Å². The van der Waals surface area contributed by atoms with E-state index in [9.17, 15) is 0 Å². The summed E-state index contributed by atoms with van der Waals surface area (Å²) in [5, 5.41) is 4.01. The Morgan fingerprint density at radius 3 is 3.00 bits per heavy atom. The zero-order valence-corrected chi connectivity index (χ0v) is 10.7. The van der Waals surface area contributed by atoms with Crippen LogP contribution in [0.2, 0.25) is 0 Å². The van der Waals surface area contributed by atoms with Crippen molar-refractivity contribution in [1.29, 1.82) is 0 Å². The molecule has 1 aliphatic rings. The average molecular weight is 263 g/mol. The van der Waals surface area contributed by atoms with Crippen LogP contribution in [0.1, 0.15) is 12.5 Å². The normalized spacial score (nSPS) is 13.9. The van der Waals surface area contributed by atoms with Crippen LogP contribution in [0.15, 0.2) is 28.9 Å². The minimum atomic E-state index is 0.141. The summed E-state index contributed by atoms with van der Waals surface area (Å²) in [5.41, 5.74) is 9.72. The maximum absolute atomic E-state index is 5.30. The number of benzene rings is 1. The van der Waals surface area contributed by atoms with E-state index in [0.29, 0.717) is 0 Å². The fraction of sp³-hybridized carbons (Fsp3) is 0.167. The Bertz CT molecular complexity index is 526. The van der Waals surface area contributed by atoms with Gasteiger partial charge in [-0.3, -0.25) is 5.43 Å². The van der Waals surface area contributed by atoms with Gasteiger partial charge in [0.15, 0.2) is 16.6 Å². The molecule has 0 aromatic heterocycles. The van der Waals surface area contributed by atoms with Crippen LogP contribution in [-0.2, 0) is 0 Å². The lowest BCUT2D eigenvalue weighted by Crippen LogP contribution is -2.23. The van der Waals surface area contributed by atoms with Crippen molar-refractivity contribution in [2.24, 2.45) is 10.8 Å². The number of nitrogens with zero attached hydrogens (tertiary/aromatic N) is 1. The van der Waals surface area contributed by atoms with Gasteiger partial charge in [-0.15, -0.1) is 0 Å². The molecule has 1 aromatic rings. The van der Waals surface area contributed by atoms with Crippen LogP contribution in [0.4, 0.5) is 0 Å². The topological polar surface area (TPSA) is 68.9 Å². The van der Waals surface area contributed by atoms with Gasteiger partial charge in [0.05, 0.1) is 6.21 Å². The van der Waals surface area contributed by atoms with Gasteiger partial charge in [-0.25, -0.2) is 0 Å². The molecule has 94 valence electrons. The van der Waals surface area contributed by atoms with Gasteiger partial charge in [0.2, 0.25) is 6.79 Å². The predicted octanol–water partition coefficient (Wildman–Crippen LogP) is 1.64. The second-order valence-corrected chi connectivity index (χ2v) is 4.18. The summed E-state index contributed by atoms with van der Waals surface area (Å²) in [6.07, 6.45) is 3.61. The van der Waals surface area contributed by atoms with Crippen LogP contribution in [0, 0.1) is 0 Å². The molecule has 0 atom stereocenters. The second-order valence-electron chi connectivity index (χ2n) is 3.74. The molecule has 0 fully saturated rings. The number of fused-ring (bicyclic) bond motifs is 1. The van der Waals surface area contributed by atoms with E-state index in [-0.39, 0.29) is 11.9 Å². The first-order chi connectivity index (χ1) is 8.65. The van der Waals surface area contributed by atoms with Crippen molar-refractivity contribution < 1.29 is 9.47 Å². The summed E-state index contributed by atoms with van der Waals surface area (Å²) in [6.45, 7) is 2.20. The van der Waals surface area contributed by atoms with E-state index in [4.69, 9.17) is 15.2 Å². The first kappa shape index (κ1) is 12.4. The van der Waals surface area contributed by atoms with Crippen LogP contribution in [0.3, 0.4) is 0 Å². The fourth-order valence-electron chi connectivity index (χ4n) is 1.50. The van der Waals surface area contributed by atoms with Gasteiger partial charge < -0.3 is 15.2 Å². The van der Waals surface area contributed by atoms with E-state index >= 15 is 0 Å². The lowest BCUT2D eigenvalue weighted by molar-refractivity contribution is 0.174. The molecule has 2 rings (SSSR count). The summed E-state index contributed by atoms with van der Waals surface area (Å²) in [6, 6.07) is 5.75. The Labute approximate surface area is 110 Å². The van der Waals surface area contributed by atoms with Gasteiger partial charge in [-0.2, -0.15) is 5.10 Å². The van der Waals surface area contributed by atoms with E-state index in [1.807, 2.05) is 31.2 Å². The third kappa shape index (κ3) is 3.21. The molecule has 0 bridgehead atoms. The fourth-order valence-corrected chi connectivity index (χ4v) is 1.55. The third-order valence-electron chi connectivity index (χ3n) is 2.23. The van der Waals surface area contributed by atoms with Crippen molar-refractivity contribution in [2.45, 2.75) is 6.92 Å².